The van der Waals surface area contributed by atoms with Crippen LogP contribution in [0, 0.1) is 0 Å². The van der Waals surface area contributed by atoms with Crippen LogP contribution in [0.5, 0.6) is 0 Å². The first kappa shape index (κ1) is 28.8. The van der Waals surface area contributed by atoms with Gasteiger partial charge in [-0.05, 0) is 76.5 Å². The Morgan fingerprint density at radius 3 is 2.39 bits per heavy atom. The molecule has 0 saturated carbocycles. The number of carbonyl (C=O) groups is 4. The van der Waals surface area contributed by atoms with E-state index in [1.165, 1.54) is 4.57 Å². The lowest BCUT2D eigenvalue weighted by molar-refractivity contribution is -0.148. The summed E-state index contributed by atoms with van der Waals surface area (Å²) in [4.78, 5) is 64.2. The Hall–Kier alpha value is -3.67. The van der Waals surface area contributed by atoms with Crippen molar-refractivity contribution < 1.29 is 28.7 Å². The molecule has 4 amide bonds. The summed E-state index contributed by atoms with van der Waals surface area (Å²) in [5, 5.41) is 5.15. The van der Waals surface area contributed by atoms with E-state index >= 15 is 0 Å². The number of piperidine rings is 2. The van der Waals surface area contributed by atoms with Gasteiger partial charge < -0.3 is 19.7 Å². The number of nitrogens with one attached hydrogen (secondary N) is 2. The molecule has 4 heterocycles. The SMILES string of the molecule is Cn1c(=O)n(C2CCC(=O)NC2=O)c2ccc(C3CCN(C(=O)[C@@H]4CC[C@@H](NC(=O)OC(C)(C)C)CO4)CC3)cc21. The topological polar surface area (TPSA) is 141 Å². The Labute approximate surface area is 238 Å². The number of rotatable bonds is 4. The minimum atomic E-state index is -0.714. The molecule has 12 nitrogen and oxygen atoms in total. The number of fused-ring (bicyclic) bond motifs is 1. The number of carbonyl (C=O) groups excluding carboxylic acids is 4. The summed E-state index contributed by atoms with van der Waals surface area (Å²) in [5.41, 5.74) is 1.62. The fourth-order valence-electron chi connectivity index (χ4n) is 6.04. The van der Waals surface area contributed by atoms with Gasteiger partial charge in [0.2, 0.25) is 11.8 Å². The zero-order valence-electron chi connectivity index (χ0n) is 24.1. The van der Waals surface area contributed by atoms with Crippen LogP contribution in [-0.4, -0.2) is 75.3 Å². The number of nitrogens with zero attached hydrogens (tertiary/aromatic N) is 3. The molecule has 222 valence electrons. The number of likely N-dealkylation sites (tertiary alicyclic amines) is 1. The number of aryl methyl sites for hydroxylation is 1. The zero-order valence-corrected chi connectivity index (χ0v) is 24.1. The van der Waals surface area contributed by atoms with E-state index in [2.05, 4.69) is 10.6 Å². The van der Waals surface area contributed by atoms with Crippen LogP contribution in [0.2, 0.25) is 0 Å². The van der Waals surface area contributed by atoms with Crippen molar-refractivity contribution in [2.24, 2.45) is 7.05 Å². The standard InChI is InChI=1S/C29H39N5O7/c1-29(2,3)41-27(38)30-19-6-9-23(40-16-19)26(37)33-13-11-17(12-14-33)18-5-7-20-22(15-18)32(4)28(39)34(20)21-8-10-24(35)31-25(21)36/h5,7,15,17,19,21,23H,6,8-14,16H2,1-4H3,(H,30,38)(H,31,35,36)/t19-,21?,23+/m1/s1. The summed E-state index contributed by atoms with van der Waals surface area (Å²) in [7, 11) is 1.69. The lowest BCUT2D eigenvalue weighted by Gasteiger charge is -2.36. The predicted molar refractivity (Wildman–Crippen MR) is 149 cm³/mol. The maximum atomic E-state index is 13.2. The third-order valence-electron chi connectivity index (χ3n) is 8.19. The summed E-state index contributed by atoms with van der Waals surface area (Å²) < 4.78 is 14.2. The van der Waals surface area contributed by atoms with E-state index in [0.29, 0.717) is 37.9 Å². The Kier molecular flexibility index (Phi) is 7.95. The van der Waals surface area contributed by atoms with Gasteiger partial charge in [-0.2, -0.15) is 0 Å². The number of aromatic nitrogens is 2. The average Bonchev–Trinajstić information content (AvgIpc) is 3.17. The van der Waals surface area contributed by atoms with Gasteiger partial charge in [0.1, 0.15) is 17.7 Å². The molecule has 12 heteroatoms. The van der Waals surface area contributed by atoms with Crippen LogP contribution < -0.4 is 16.3 Å². The molecule has 3 saturated heterocycles. The lowest BCUT2D eigenvalue weighted by Crippen LogP contribution is -2.50. The molecule has 1 aromatic carbocycles. The Morgan fingerprint density at radius 1 is 1.02 bits per heavy atom. The third kappa shape index (κ3) is 6.17. The molecule has 3 aliphatic rings. The van der Waals surface area contributed by atoms with Crippen LogP contribution in [0.25, 0.3) is 11.0 Å². The minimum absolute atomic E-state index is 0.0154. The van der Waals surface area contributed by atoms with Gasteiger partial charge in [0.15, 0.2) is 0 Å². The van der Waals surface area contributed by atoms with Crippen LogP contribution in [0.3, 0.4) is 0 Å². The Balaban J connectivity index is 1.18. The van der Waals surface area contributed by atoms with E-state index in [-0.39, 0.29) is 42.5 Å². The molecular formula is C29H39N5O7. The number of alkyl carbamates (subject to hydrolysis) is 1. The van der Waals surface area contributed by atoms with Gasteiger partial charge in [-0.25, -0.2) is 9.59 Å². The van der Waals surface area contributed by atoms with Gasteiger partial charge in [0.05, 0.1) is 23.7 Å². The van der Waals surface area contributed by atoms with E-state index in [0.717, 1.165) is 23.9 Å². The number of ether oxygens (including phenoxy) is 2. The molecule has 0 radical (unpaired) electrons. The highest BCUT2D eigenvalue weighted by atomic mass is 16.6. The third-order valence-corrected chi connectivity index (χ3v) is 8.19. The number of hydrogen-bond donors (Lipinski definition) is 2. The smallest absolute Gasteiger partial charge is 0.407 e. The van der Waals surface area contributed by atoms with Crippen LogP contribution in [0.4, 0.5) is 4.79 Å². The second-order valence-electron chi connectivity index (χ2n) is 12.3. The van der Waals surface area contributed by atoms with Crippen molar-refractivity contribution in [3.8, 4) is 0 Å². The van der Waals surface area contributed by atoms with Crippen molar-refractivity contribution in [3.05, 3.63) is 34.2 Å². The number of imidazole rings is 1. The molecular weight excluding hydrogens is 530 g/mol. The molecule has 1 aromatic heterocycles. The summed E-state index contributed by atoms with van der Waals surface area (Å²) in [5.74, 6) is -0.555. The summed E-state index contributed by atoms with van der Waals surface area (Å²) in [6.07, 6.45) is 2.25. The van der Waals surface area contributed by atoms with Gasteiger partial charge >= 0.3 is 11.8 Å². The van der Waals surface area contributed by atoms with Gasteiger partial charge in [0, 0.05) is 26.6 Å². The van der Waals surface area contributed by atoms with Crippen LogP contribution in [-0.2, 0) is 30.9 Å². The molecule has 3 fully saturated rings. The molecule has 1 unspecified atom stereocenters. The molecule has 0 bridgehead atoms. The van der Waals surface area contributed by atoms with Crippen LogP contribution >= 0.6 is 0 Å². The van der Waals surface area contributed by atoms with Crippen LogP contribution in [0.15, 0.2) is 23.0 Å². The second-order valence-corrected chi connectivity index (χ2v) is 12.3. The normalized spacial score (nSPS) is 24.3. The lowest BCUT2D eigenvalue weighted by atomic mass is 9.89. The molecule has 0 aliphatic carbocycles. The van der Waals surface area contributed by atoms with Gasteiger partial charge in [0.25, 0.3) is 5.91 Å². The first-order valence-electron chi connectivity index (χ1n) is 14.4. The van der Waals surface area contributed by atoms with Crippen molar-refractivity contribution >= 4 is 34.8 Å². The summed E-state index contributed by atoms with van der Waals surface area (Å²) in [6.45, 7) is 6.91. The van der Waals surface area contributed by atoms with E-state index < -0.39 is 29.7 Å². The number of hydrogen-bond acceptors (Lipinski definition) is 7. The number of imide groups is 1. The van der Waals surface area contributed by atoms with Gasteiger partial charge in [-0.15, -0.1) is 0 Å². The first-order chi connectivity index (χ1) is 19.4. The van der Waals surface area contributed by atoms with Gasteiger partial charge in [-0.1, -0.05) is 6.07 Å². The summed E-state index contributed by atoms with van der Waals surface area (Å²) >= 11 is 0. The second kappa shape index (κ2) is 11.3. The average molecular weight is 570 g/mol. The molecule has 0 spiro atoms. The van der Waals surface area contributed by atoms with Crippen molar-refractivity contribution in [2.45, 2.75) is 89.0 Å². The predicted octanol–water partition coefficient (Wildman–Crippen LogP) is 2.10. The van der Waals surface area contributed by atoms with Crippen LogP contribution in [0.1, 0.15) is 76.8 Å². The monoisotopic (exact) mass is 569 g/mol. The molecule has 2 N–H and O–H groups in total. The highest BCUT2D eigenvalue weighted by molar-refractivity contribution is 6.00. The largest absolute Gasteiger partial charge is 0.444 e. The minimum Gasteiger partial charge on any atom is -0.444 e. The highest BCUT2D eigenvalue weighted by Gasteiger charge is 2.34. The Morgan fingerprint density at radius 2 is 1.76 bits per heavy atom. The van der Waals surface area contributed by atoms with Crippen molar-refractivity contribution in [2.75, 3.05) is 19.7 Å². The Bertz CT molecular complexity index is 1400. The fraction of sp³-hybridized carbons (Fsp3) is 0.621. The van der Waals surface area contributed by atoms with E-state index in [9.17, 15) is 24.0 Å². The zero-order chi connectivity index (χ0) is 29.5. The molecule has 5 rings (SSSR count). The quantitative estimate of drug-likeness (QED) is 0.537. The maximum absolute atomic E-state index is 13.2. The molecule has 41 heavy (non-hydrogen) atoms. The fourth-order valence-corrected chi connectivity index (χ4v) is 6.04. The molecule has 2 aromatic rings. The molecule has 3 atom stereocenters. The number of amides is 4. The van der Waals surface area contributed by atoms with E-state index in [4.69, 9.17) is 9.47 Å². The van der Waals surface area contributed by atoms with Crippen molar-refractivity contribution in [3.63, 3.8) is 0 Å². The number of benzene rings is 1. The van der Waals surface area contributed by atoms with Crippen molar-refractivity contribution in [1.82, 2.24) is 24.7 Å². The summed E-state index contributed by atoms with van der Waals surface area (Å²) in [6, 6.07) is 4.98. The maximum Gasteiger partial charge on any atom is 0.407 e. The molecule has 3 aliphatic heterocycles. The van der Waals surface area contributed by atoms with E-state index in [1.807, 2.05) is 43.9 Å². The highest BCUT2D eigenvalue weighted by Crippen LogP contribution is 2.32. The first-order valence-corrected chi connectivity index (χ1v) is 14.4. The van der Waals surface area contributed by atoms with Gasteiger partial charge in [-0.3, -0.25) is 28.8 Å². The van der Waals surface area contributed by atoms with Crippen molar-refractivity contribution in [1.29, 1.82) is 0 Å². The van der Waals surface area contributed by atoms with E-state index in [1.54, 1.807) is 11.6 Å².